The van der Waals surface area contributed by atoms with Crippen LogP contribution in [0.1, 0.15) is 36.2 Å². The lowest BCUT2D eigenvalue weighted by Gasteiger charge is -2.36. The first-order chi connectivity index (χ1) is 16.5. The summed E-state index contributed by atoms with van der Waals surface area (Å²) in [5.74, 6) is 0.754. The normalized spacial score (nSPS) is 17.9. The first-order valence-corrected chi connectivity index (χ1v) is 12.6. The van der Waals surface area contributed by atoms with Gasteiger partial charge < -0.3 is 10.2 Å². The monoisotopic (exact) mass is 472 g/mol. The molecule has 2 aliphatic rings. The number of nitrogens with one attached hydrogen (secondary N) is 2. The second-order valence-electron chi connectivity index (χ2n) is 9.19. The fourth-order valence-electron chi connectivity index (χ4n) is 4.61. The average Bonchev–Trinajstić information content (AvgIpc) is 3.55. The molecule has 2 aromatic heterocycles. The average molecular weight is 473 g/mol. The van der Waals surface area contributed by atoms with Gasteiger partial charge in [0.1, 0.15) is 0 Å². The second-order valence-corrected chi connectivity index (χ2v) is 10.2. The summed E-state index contributed by atoms with van der Waals surface area (Å²) >= 11 is 1.46. The number of benzene rings is 1. The van der Waals surface area contributed by atoms with Crippen molar-refractivity contribution in [1.29, 1.82) is 5.26 Å². The van der Waals surface area contributed by atoms with E-state index in [2.05, 4.69) is 21.7 Å². The van der Waals surface area contributed by atoms with Gasteiger partial charge in [0.2, 0.25) is 0 Å². The third-order valence-electron chi connectivity index (χ3n) is 6.36. The first kappa shape index (κ1) is 22.5. The summed E-state index contributed by atoms with van der Waals surface area (Å²) in [6.45, 7) is 6.29. The highest BCUT2D eigenvalue weighted by molar-refractivity contribution is 7.19. The number of hydrogen-bond acceptors (Lipinski definition) is 6. The van der Waals surface area contributed by atoms with Crippen LogP contribution in [0.2, 0.25) is 0 Å². The molecule has 3 heterocycles. The van der Waals surface area contributed by atoms with Gasteiger partial charge in [-0.15, -0.1) is 0 Å². The lowest BCUT2D eigenvalue weighted by Crippen LogP contribution is -2.55. The number of nitriles is 1. The van der Waals surface area contributed by atoms with E-state index in [1.54, 1.807) is 6.07 Å². The number of aryl methyl sites for hydroxylation is 2. The van der Waals surface area contributed by atoms with Crippen LogP contribution in [0.4, 0.5) is 9.93 Å². The number of carbonyl (C=O) groups is 1. The van der Waals surface area contributed by atoms with Crippen molar-refractivity contribution < 1.29 is 4.79 Å². The number of piperazine rings is 1. The van der Waals surface area contributed by atoms with Gasteiger partial charge >= 0.3 is 6.03 Å². The van der Waals surface area contributed by atoms with Gasteiger partial charge in [0.05, 0.1) is 22.2 Å². The van der Waals surface area contributed by atoms with Crippen molar-refractivity contribution >= 4 is 22.5 Å². The molecule has 1 saturated heterocycles. The molecule has 0 bridgehead atoms. The molecule has 8 heteroatoms. The van der Waals surface area contributed by atoms with Crippen LogP contribution in [0.25, 0.3) is 21.7 Å². The van der Waals surface area contributed by atoms with Crippen LogP contribution < -0.4 is 10.6 Å². The van der Waals surface area contributed by atoms with Crippen molar-refractivity contribution in [2.45, 2.75) is 39.2 Å². The molecule has 1 unspecified atom stereocenters. The molecule has 0 radical (unpaired) electrons. The number of nitrogens with zero attached hydrogens (tertiary/aromatic N) is 4. The number of rotatable bonds is 5. The molecule has 1 saturated carbocycles. The SMILES string of the molecule is Cc1cc(-c2sc(NC(=O)N3CCNCC3CC3CC3)nc2-c2cccc(C#N)c2)cc(C)n1. The fraction of sp³-hybridized carbons (Fsp3) is 0.385. The first-order valence-electron chi connectivity index (χ1n) is 11.8. The molecular formula is C26H28N6OS. The maximum absolute atomic E-state index is 13.3. The Balaban J connectivity index is 1.48. The molecule has 34 heavy (non-hydrogen) atoms. The number of anilines is 1. The summed E-state index contributed by atoms with van der Waals surface area (Å²) in [6, 6.07) is 13.8. The summed E-state index contributed by atoms with van der Waals surface area (Å²) in [7, 11) is 0. The maximum atomic E-state index is 13.3. The Morgan fingerprint density at radius 2 is 2.00 bits per heavy atom. The molecule has 1 aliphatic carbocycles. The predicted molar refractivity (Wildman–Crippen MR) is 135 cm³/mol. The number of carbonyl (C=O) groups excluding carboxylic acids is 1. The standard InChI is InChI=1S/C26H28N6OS/c1-16-10-21(11-17(2)29-16)24-23(20-5-3-4-19(12-20)14-27)30-25(34-24)31-26(33)32-9-8-28-15-22(32)13-18-6-7-18/h3-5,10-12,18,22,28H,6-9,13,15H2,1-2H3,(H,30,31,33). The summed E-state index contributed by atoms with van der Waals surface area (Å²) in [4.78, 5) is 25.5. The van der Waals surface area contributed by atoms with Crippen LogP contribution >= 0.6 is 11.3 Å². The zero-order valence-electron chi connectivity index (χ0n) is 19.5. The zero-order valence-corrected chi connectivity index (χ0v) is 20.3. The van der Waals surface area contributed by atoms with Crippen LogP contribution in [-0.4, -0.2) is 46.6 Å². The fourth-order valence-corrected chi connectivity index (χ4v) is 5.57. The Bertz CT molecular complexity index is 1240. The summed E-state index contributed by atoms with van der Waals surface area (Å²) in [5, 5.41) is 16.5. The number of pyridine rings is 1. The van der Waals surface area contributed by atoms with Crippen molar-refractivity contribution in [3.63, 3.8) is 0 Å². The van der Waals surface area contributed by atoms with Crippen molar-refractivity contribution in [3.8, 4) is 27.8 Å². The van der Waals surface area contributed by atoms with Crippen molar-refractivity contribution in [2.75, 3.05) is 25.0 Å². The Hall–Kier alpha value is -3.28. The van der Waals surface area contributed by atoms with Gasteiger partial charge in [-0.2, -0.15) is 5.26 Å². The maximum Gasteiger partial charge on any atom is 0.323 e. The van der Waals surface area contributed by atoms with Crippen LogP contribution in [0.5, 0.6) is 0 Å². The molecular weight excluding hydrogens is 444 g/mol. The van der Waals surface area contributed by atoms with Gasteiger partial charge in [0.15, 0.2) is 5.13 Å². The van der Waals surface area contributed by atoms with E-state index in [1.165, 1.54) is 24.2 Å². The molecule has 2 amide bonds. The largest absolute Gasteiger partial charge is 0.323 e. The van der Waals surface area contributed by atoms with Crippen LogP contribution in [0.15, 0.2) is 36.4 Å². The molecule has 2 fully saturated rings. The minimum absolute atomic E-state index is 0.0909. The molecule has 3 aromatic rings. The summed E-state index contributed by atoms with van der Waals surface area (Å²) < 4.78 is 0. The number of amides is 2. The lowest BCUT2D eigenvalue weighted by molar-refractivity contribution is 0.163. The highest BCUT2D eigenvalue weighted by Gasteiger charge is 2.33. The van der Waals surface area contributed by atoms with Gasteiger partial charge in [0, 0.05) is 42.6 Å². The minimum atomic E-state index is -0.0909. The van der Waals surface area contributed by atoms with Crippen LogP contribution in [0, 0.1) is 31.1 Å². The van der Waals surface area contributed by atoms with E-state index >= 15 is 0 Å². The van der Waals surface area contributed by atoms with Crippen molar-refractivity contribution in [2.24, 2.45) is 5.92 Å². The zero-order chi connectivity index (χ0) is 23.7. The van der Waals surface area contributed by atoms with E-state index in [-0.39, 0.29) is 12.1 Å². The molecule has 2 N–H and O–H groups in total. The summed E-state index contributed by atoms with van der Waals surface area (Å²) in [5.41, 5.74) is 5.05. The number of thiazole rings is 1. The number of urea groups is 1. The van der Waals surface area contributed by atoms with Crippen molar-refractivity contribution in [3.05, 3.63) is 53.3 Å². The van der Waals surface area contributed by atoms with E-state index in [0.717, 1.165) is 58.5 Å². The summed E-state index contributed by atoms with van der Waals surface area (Å²) in [6.07, 6.45) is 3.61. The second kappa shape index (κ2) is 9.53. The Morgan fingerprint density at radius 1 is 1.21 bits per heavy atom. The van der Waals surface area contributed by atoms with Gasteiger partial charge in [0.25, 0.3) is 0 Å². The highest BCUT2D eigenvalue weighted by Crippen LogP contribution is 2.40. The van der Waals surface area contributed by atoms with E-state index in [4.69, 9.17) is 4.98 Å². The molecule has 1 atom stereocenters. The van der Waals surface area contributed by atoms with Crippen LogP contribution in [0.3, 0.4) is 0 Å². The Kier molecular flexibility index (Phi) is 6.31. The molecule has 1 aliphatic heterocycles. The number of hydrogen-bond donors (Lipinski definition) is 2. The molecule has 1 aromatic carbocycles. The highest BCUT2D eigenvalue weighted by atomic mass is 32.1. The quantitative estimate of drug-likeness (QED) is 0.547. The van der Waals surface area contributed by atoms with E-state index in [9.17, 15) is 10.1 Å². The van der Waals surface area contributed by atoms with Gasteiger partial charge in [-0.1, -0.05) is 36.3 Å². The Morgan fingerprint density at radius 3 is 2.74 bits per heavy atom. The van der Waals surface area contributed by atoms with E-state index in [1.807, 2.05) is 49.1 Å². The van der Waals surface area contributed by atoms with Gasteiger partial charge in [-0.25, -0.2) is 9.78 Å². The van der Waals surface area contributed by atoms with E-state index in [0.29, 0.717) is 17.2 Å². The van der Waals surface area contributed by atoms with Crippen LogP contribution in [-0.2, 0) is 0 Å². The predicted octanol–water partition coefficient (Wildman–Crippen LogP) is 4.97. The molecule has 0 spiro atoms. The van der Waals surface area contributed by atoms with Gasteiger partial charge in [-0.3, -0.25) is 10.3 Å². The topological polar surface area (TPSA) is 93.9 Å². The molecule has 174 valence electrons. The molecule has 7 nitrogen and oxygen atoms in total. The Labute approximate surface area is 203 Å². The third kappa shape index (κ3) is 4.96. The smallest absolute Gasteiger partial charge is 0.319 e. The number of aromatic nitrogens is 2. The van der Waals surface area contributed by atoms with Crippen molar-refractivity contribution in [1.82, 2.24) is 20.2 Å². The third-order valence-corrected chi connectivity index (χ3v) is 7.38. The van der Waals surface area contributed by atoms with Gasteiger partial charge in [-0.05, 0) is 56.0 Å². The lowest BCUT2D eigenvalue weighted by atomic mass is 10.0. The van der Waals surface area contributed by atoms with E-state index < -0.39 is 0 Å². The minimum Gasteiger partial charge on any atom is -0.319 e. The molecule has 5 rings (SSSR count).